The smallest absolute Gasteiger partial charge is 0.416 e. The van der Waals surface area contributed by atoms with Gasteiger partial charge in [0, 0.05) is 10.6 Å². The van der Waals surface area contributed by atoms with Crippen LogP contribution in [0, 0.1) is 0 Å². The van der Waals surface area contributed by atoms with E-state index in [2.05, 4.69) is 10.2 Å². The maximum atomic E-state index is 12.9. The second-order valence-electron chi connectivity index (χ2n) is 6.99. The van der Waals surface area contributed by atoms with E-state index in [9.17, 15) is 27.9 Å². The fraction of sp³-hybridized carbons (Fsp3) is 0.0435. The van der Waals surface area contributed by atoms with Gasteiger partial charge in [-0.3, -0.25) is 9.59 Å². The minimum Gasteiger partial charge on any atom is -0.507 e. The van der Waals surface area contributed by atoms with Gasteiger partial charge in [0.05, 0.1) is 27.5 Å². The summed E-state index contributed by atoms with van der Waals surface area (Å²) in [6.45, 7) is 0. The molecule has 1 N–H and O–H groups in total. The highest BCUT2D eigenvalue weighted by Crippen LogP contribution is 2.38. The lowest BCUT2D eigenvalue weighted by atomic mass is 10.1. The summed E-state index contributed by atoms with van der Waals surface area (Å²) in [5, 5.41) is 17.8. The van der Waals surface area contributed by atoms with Gasteiger partial charge in [0.1, 0.15) is 5.75 Å². The minimum atomic E-state index is -4.51. The number of halogens is 4. The molecule has 3 aromatic carbocycles. The quantitative estimate of drug-likeness (QED) is 0.292. The largest absolute Gasteiger partial charge is 0.507 e. The highest BCUT2D eigenvalue weighted by molar-refractivity contribution is 8.19. The summed E-state index contributed by atoms with van der Waals surface area (Å²) in [7, 11) is 0. The molecule has 0 spiro atoms. The molecule has 0 atom stereocenters. The summed E-state index contributed by atoms with van der Waals surface area (Å²) < 4.78 is 38.6. The zero-order valence-corrected chi connectivity index (χ0v) is 18.5. The van der Waals surface area contributed by atoms with Crippen LogP contribution in [0.4, 0.5) is 35.0 Å². The first-order valence-electron chi connectivity index (χ1n) is 9.57. The standard InChI is InChI=1S/C23H13ClF3N3O3S/c24-15-4-2-6-18(12-15)30-21(32)20(34-22(30)33)10-13-9-17(7-8-19(13)31)29-28-16-5-1-3-14(11-16)23(25,26)27/h1-12,31H/b20-10-,29-28?. The van der Waals surface area contributed by atoms with E-state index in [-0.39, 0.29) is 27.6 Å². The second kappa shape index (κ2) is 9.32. The van der Waals surface area contributed by atoms with Crippen LogP contribution in [0.3, 0.4) is 0 Å². The molecule has 0 aliphatic carbocycles. The Hall–Kier alpha value is -3.63. The molecule has 0 saturated carbocycles. The Kier molecular flexibility index (Phi) is 6.45. The zero-order chi connectivity index (χ0) is 24.5. The van der Waals surface area contributed by atoms with Crippen LogP contribution in [-0.2, 0) is 11.0 Å². The van der Waals surface area contributed by atoms with Crippen LogP contribution in [0.25, 0.3) is 6.08 Å². The lowest BCUT2D eigenvalue weighted by Crippen LogP contribution is -2.27. The average molecular weight is 504 g/mol. The number of imide groups is 1. The van der Waals surface area contributed by atoms with Crippen LogP contribution in [-0.4, -0.2) is 16.3 Å². The number of hydrogen-bond acceptors (Lipinski definition) is 6. The van der Waals surface area contributed by atoms with Gasteiger partial charge in [0.25, 0.3) is 11.1 Å². The molecule has 0 radical (unpaired) electrons. The molecule has 2 amide bonds. The van der Waals surface area contributed by atoms with E-state index in [1.54, 1.807) is 18.2 Å². The minimum absolute atomic E-state index is 0.00732. The molecular weight excluding hydrogens is 491 g/mol. The molecule has 4 rings (SSSR count). The topological polar surface area (TPSA) is 82.3 Å². The van der Waals surface area contributed by atoms with Crippen LogP contribution in [0.5, 0.6) is 5.75 Å². The number of phenols is 1. The van der Waals surface area contributed by atoms with E-state index < -0.39 is 22.9 Å². The van der Waals surface area contributed by atoms with Crippen LogP contribution in [0.1, 0.15) is 11.1 Å². The van der Waals surface area contributed by atoms with E-state index in [4.69, 9.17) is 11.6 Å². The Morgan fingerprint density at radius 3 is 2.35 bits per heavy atom. The lowest BCUT2D eigenvalue weighted by molar-refractivity contribution is -0.137. The molecule has 1 aliphatic rings. The molecule has 34 heavy (non-hydrogen) atoms. The highest BCUT2D eigenvalue weighted by Gasteiger charge is 2.36. The number of anilines is 1. The molecule has 0 bridgehead atoms. The predicted octanol–water partition coefficient (Wildman–Crippen LogP) is 7.72. The fourth-order valence-electron chi connectivity index (χ4n) is 3.03. The van der Waals surface area contributed by atoms with E-state index in [0.717, 1.165) is 17.0 Å². The van der Waals surface area contributed by atoms with Gasteiger partial charge in [0.15, 0.2) is 0 Å². The van der Waals surface area contributed by atoms with Gasteiger partial charge in [-0.25, -0.2) is 4.90 Å². The van der Waals surface area contributed by atoms with E-state index in [1.807, 2.05) is 0 Å². The second-order valence-corrected chi connectivity index (χ2v) is 8.42. The lowest BCUT2D eigenvalue weighted by Gasteiger charge is -2.12. The number of phenolic OH excluding ortho intramolecular Hbond substituents is 1. The molecule has 6 nitrogen and oxygen atoms in total. The first-order chi connectivity index (χ1) is 16.1. The van der Waals surface area contributed by atoms with Crippen molar-refractivity contribution in [1.82, 2.24) is 0 Å². The summed E-state index contributed by atoms with van der Waals surface area (Å²) in [6.07, 6.45) is -3.18. The van der Waals surface area contributed by atoms with Crippen LogP contribution in [0.15, 0.2) is 81.9 Å². The van der Waals surface area contributed by atoms with Gasteiger partial charge in [-0.1, -0.05) is 23.7 Å². The van der Waals surface area contributed by atoms with Gasteiger partial charge in [-0.2, -0.15) is 23.4 Å². The van der Waals surface area contributed by atoms with Gasteiger partial charge in [-0.05, 0) is 72.4 Å². The molecule has 11 heteroatoms. The summed E-state index contributed by atoms with van der Waals surface area (Å²) in [4.78, 5) is 26.3. The first kappa shape index (κ1) is 23.5. The van der Waals surface area contributed by atoms with E-state index >= 15 is 0 Å². The van der Waals surface area contributed by atoms with Crippen molar-refractivity contribution >= 4 is 57.6 Å². The molecule has 0 aromatic heterocycles. The Labute approximate surface area is 200 Å². The van der Waals surface area contributed by atoms with Crippen molar-refractivity contribution in [2.24, 2.45) is 10.2 Å². The molecular formula is C23H13ClF3N3O3S. The van der Waals surface area contributed by atoms with E-state index in [1.165, 1.54) is 42.5 Å². The third kappa shape index (κ3) is 5.13. The third-order valence-electron chi connectivity index (χ3n) is 4.61. The summed E-state index contributed by atoms with van der Waals surface area (Å²) in [5.74, 6) is -0.778. The molecule has 1 fully saturated rings. The number of aromatic hydroxyl groups is 1. The predicted molar refractivity (Wildman–Crippen MR) is 124 cm³/mol. The number of alkyl halides is 3. The normalized spacial score (nSPS) is 15.6. The number of rotatable bonds is 4. The number of carbonyl (C=O) groups excluding carboxylic acids is 2. The fourth-order valence-corrected chi connectivity index (χ4v) is 4.04. The Morgan fingerprint density at radius 1 is 0.941 bits per heavy atom. The molecule has 1 heterocycles. The van der Waals surface area contributed by atoms with Gasteiger partial charge in [0.2, 0.25) is 0 Å². The first-order valence-corrected chi connectivity index (χ1v) is 10.8. The Morgan fingerprint density at radius 2 is 1.65 bits per heavy atom. The van der Waals surface area contributed by atoms with Crippen LogP contribution >= 0.6 is 23.4 Å². The number of carbonyl (C=O) groups is 2. The molecule has 0 unspecified atom stereocenters. The number of azo groups is 1. The highest BCUT2D eigenvalue weighted by atomic mass is 35.5. The monoisotopic (exact) mass is 503 g/mol. The number of benzene rings is 3. The average Bonchev–Trinajstić information content (AvgIpc) is 3.06. The van der Waals surface area contributed by atoms with Crippen molar-refractivity contribution in [2.75, 3.05) is 4.90 Å². The van der Waals surface area contributed by atoms with E-state index in [0.29, 0.717) is 22.5 Å². The van der Waals surface area contributed by atoms with Crippen LogP contribution in [0.2, 0.25) is 5.02 Å². The summed E-state index contributed by atoms with van der Waals surface area (Å²) in [5.41, 5.74) is -0.156. The third-order valence-corrected chi connectivity index (χ3v) is 5.72. The van der Waals surface area contributed by atoms with Crippen molar-refractivity contribution in [3.05, 3.63) is 87.8 Å². The SMILES string of the molecule is O=C1S/C(=C\c2cc(N=Nc3cccc(C(F)(F)F)c3)ccc2O)C(=O)N1c1cccc(Cl)c1. The van der Waals surface area contributed by atoms with Crippen molar-refractivity contribution in [3.63, 3.8) is 0 Å². The van der Waals surface area contributed by atoms with Crippen molar-refractivity contribution in [3.8, 4) is 5.75 Å². The van der Waals surface area contributed by atoms with Gasteiger partial charge < -0.3 is 5.11 Å². The van der Waals surface area contributed by atoms with Gasteiger partial charge >= 0.3 is 6.18 Å². The van der Waals surface area contributed by atoms with Crippen LogP contribution < -0.4 is 4.90 Å². The maximum Gasteiger partial charge on any atom is 0.416 e. The number of hydrogen-bond donors (Lipinski definition) is 1. The Bertz CT molecular complexity index is 1360. The summed E-state index contributed by atoms with van der Waals surface area (Å²) in [6, 6.07) is 14.7. The van der Waals surface area contributed by atoms with Crippen molar-refractivity contribution < 1.29 is 27.9 Å². The molecule has 172 valence electrons. The molecule has 1 aliphatic heterocycles. The van der Waals surface area contributed by atoms with Crippen molar-refractivity contribution in [1.29, 1.82) is 0 Å². The Balaban J connectivity index is 1.60. The molecule has 3 aromatic rings. The van der Waals surface area contributed by atoms with Crippen molar-refractivity contribution in [2.45, 2.75) is 6.18 Å². The van der Waals surface area contributed by atoms with Gasteiger partial charge in [-0.15, -0.1) is 0 Å². The maximum absolute atomic E-state index is 12.9. The number of nitrogens with zero attached hydrogens (tertiary/aromatic N) is 3. The molecule has 1 saturated heterocycles. The zero-order valence-electron chi connectivity index (χ0n) is 17.0. The number of thioether (sulfide) groups is 1. The summed E-state index contributed by atoms with van der Waals surface area (Å²) >= 11 is 6.64. The number of amides is 2.